The molecule has 6 heteroatoms. The molecule has 4 rings (SSSR count). The Hall–Kier alpha value is -2.34. The summed E-state index contributed by atoms with van der Waals surface area (Å²) in [6.45, 7) is 0.826. The minimum absolute atomic E-state index is 0.119. The molecule has 2 aromatic carbocycles. The Labute approximate surface area is 168 Å². The molecule has 29 heavy (non-hydrogen) atoms. The van der Waals surface area contributed by atoms with Gasteiger partial charge in [-0.3, -0.25) is 4.79 Å². The number of hydrogen-bond acceptors (Lipinski definition) is 3. The van der Waals surface area contributed by atoms with E-state index in [9.17, 15) is 18.0 Å². The molecule has 0 amide bonds. The van der Waals surface area contributed by atoms with Crippen molar-refractivity contribution in [2.24, 2.45) is 5.41 Å². The predicted octanol–water partition coefficient (Wildman–Crippen LogP) is 5.27. The lowest BCUT2D eigenvalue weighted by molar-refractivity contribution is -0.137. The van der Waals surface area contributed by atoms with E-state index in [1.165, 1.54) is 13.2 Å². The van der Waals surface area contributed by atoms with E-state index in [0.717, 1.165) is 37.1 Å². The fraction of sp³-hybridized carbons (Fsp3) is 0.435. The van der Waals surface area contributed by atoms with Crippen LogP contribution < -0.4 is 10.1 Å². The Morgan fingerprint density at radius 3 is 2.59 bits per heavy atom. The van der Waals surface area contributed by atoms with Crippen molar-refractivity contribution in [1.82, 2.24) is 5.32 Å². The zero-order chi connectivity index (χ0) is 20.6. The van der Waals surface area contributed by atoms with Crippen LogP contribution in [-0.4, -0.2) is 19.4 Å². The largest absolute Gasteiger partial charge is 0.496 e. The van der Waals surface area contributed by atoms with Gasteiger partial charge in [-0.1, -0.05) is 30.3 Å². The van der Waals surface area contributed by atoms with Crippen LogP contribution in [0, 0.1) is 5.41 Å². The highest BCUT2D eigenvalue weighted by molar-refractivity contribution is 5.89. The molecule has 0 aromatic heterocycles. The fourth-order valence-electron chi connectivity index (χ4n) is 5.10. The molecule has 3 nitrogen and oxygen atoms in total. The topological polar surface area (TPSA) is 38.3 Å². The molecule has 2 aliphatic rings. The van der Waals surface area contributed by atoms with Crippen LogP contribution in [0.1, 0.15) is 54.3 Å². The summed E-state index contributed by atoms with van der Waals surface area (Å²) in [6, 6.07) is 13.3. The third-order valence-electron chi connectivity index (χ3n) is 6.43. The van der Waals surface area contributed by atoms with Crippen LogP contribution in [0.15, 0.2) is 48.5 Å². The second kappa shape index (κ2) is 7.48. The molecule has 1 N–H and O–H groups in total. The van der Waals surface area contributed by atoms with E-state index in [1.807, 2.05) is 30.3 Å². The van der Waals surface area contributed by atoms with Crippen molar-refractivity contribution in [2.75, 3.05) is 13.7 Å². The molecule has 3 atom stereocenters. The number of ketones is 1. The lowest BCUT2D eigenvalue weighted by Crippen LogP contribution is -2.45. The Morgan fingerprint density at radius 2 is 1.90 bits per heavy atom. The molecule has 0 bridgehead atoms. The molecule has 2 aromatic rings. The van der Waals surface area contributed by atoms with E-state index in [0.29, 0.717) is 17.7 Å². The fourth-order valence-corrected chi connectivity index (χ4v) is 5.10. The number of Topliss-reactive ketones (excluding diaryl/α,β-unsaturated/α-hetero) is 1. The van der Waals surface area contributed by atoms with Gasteiger partial charge >= 0.3 is 6.18 Å². The first-order valence-electron chi connectivity index (χ1n) is 9.92. The average molecular weight is 403 g/mol. The Bertz CT molecular complexity index is 897. The van der Waals surface area contributed by atoms with Gasteiger partial charge < -0.3 is 10.1 Å². The normalized spacial score (nSPS) is 27.4. The van der Waals surface area contributed by atoms with Crippen LogP contribution in [0.5, 0.6) is 5.75 Å². The highest BCUT2D eigenvalue weighted by Gasteiger charge is 2.53. The number of carbonyl (C=O) groups excluding carboxylic acids is 1. The van der Waals surface area contributed by atoms with Gasteiger partial charge in [0.15, 0.2) is 0 Å². The monoisotopic (exact) mass is 403 g/mol. The van der Waals surface area contributed by atoms with E-state index in [2.05, 4.69) is 5.32 Å². The van der Waals surface area contributed by atoms with Crippen LogP contribution in [0.3, 0.4) is 0 Å². The summed E-state index contributed by atoms with van der Waals surface area (Å²) in [5.74, 6) is 0.252. The van der Waals surface area contributed by atoms with Crippen LogP contribution in [0.4, 0.5) is 13.2 Å². The Morgan fingerprint density at radius 1 is 1.14 bits per heavy atom. The van der Waals surface area contributed by atoms with E-state index in [4.69, 9.17) is 4.74 Å². The molecule has 1 aliphatic carbocycles. The van der Waals surface area contributed by atoms with Gasteiger partial charge in [-0.2, -0.15) is 13.2 Å². The van der Waals surface area contributed by atoms with Crippen molar-refractivity contribution in [3.8, 4) is 5.75 Å². The summed E-state index contributed by atoms with van der Waals surface area (Å²) in [4.78, 5) is 13.3. The van der Waals surface area contributed by atoms with Gasteiger partial charge in [-0.25, -0.2) is 0 Å². The number of hydrogen-bond donors (Lipinski definition) is 1. The van der Waals surface area contributed by atoms with Gasteiger partial charge in [0.1, 0.15) is 11.5 Å². The minimum Gasteiger partial charge on any atom is -0.496 e. The van der Waals surface area contributed by atoms with Gasteiger partial charge in [0.05, 0.1) is 12.7 Å². The van der Waals surface area contributed by atoms with Crippen molar-refractivity contribution in [1.29, 1.82) is 0 Å². The number of halogens is 3. The second-order valence-electron chi connectivity index (χ2n) is 8.04. The molecule has 3 unspecified atom stereocenters. The average Bonchev–Trinajstić information content (AvgIpc) is 3.04. The Balaban J connectivity index is 1.72. The number of carbonyl (C=O) groups is 1. The number of rotatable bonds is 3. The van der Waals surface area contributed by atoms with Gasteiger partial charge in [0, 0.05) is 17.9 Å². The summed E-state index contributed by atoms with van der Waals surface area (Å²) >= 11 is 0. The molecule has 1 aliphatic heterocycles. The molecule has 154 valence electrons. The van der Waals surface area contributed by atoms with Crippen LogP contribution in [0.25, 0.3) is 0 Å². The number of ether oxygens (including phenoxy) is 1. The van der Waals surface area contributed by atoms with Crippen molar-refractivity contribution in [3.63, 3.8) is 0 Å². The van der Waals surface area contributed by atoms with Crippen LogP contribution in [0.2, 0.25) is 0 Å². The van der Waals surface area contributed by atoms with E-state index in [-0.39, 0.29) is 24.2 Å². The van der Waals surface area contributed by atoms with E-state index < -0.39 is 17.2 Å². The smallest absolute Gasteiger partial charge is 0.416 e. The standard InChI is InChI=1S/C23H24F3NO2/c1-29-19-9-8-17(23(24,25)26)13-18(19)16-12-20(28)22(14-16)10-5-11-27-21(22)15-6-3-2-4-7-15/h2-4,6-9,13,16,21,27H,5,10-12,14H2,1H3. The van der Waals surface area contributed by atoms with Gasteiger partial charge in [0.2, 0.25) is 0 Å². The van der Waals surface area contributed by atoms with E-state index >= 15 is 0 Å². The summed E-state index contributed by atoms with van der Waals surface area (Å²) in [7, 11) is 1.45. The summed E-state index contributed by atoms with van der Waals surface area (Å²) in [5.41, 5.74) is 0.231. The third kappa shape index (κ3) is 3.54. The highest BCUT2D eigenvalue weighted by atomic mass is 19.4. The third-order valence-corrected chi connectivity index (χ3v) is 6.43. The summed E-state index contributed by atoms with van der Waals surface area (Å²) in [6.07, 6.45) is -2.04. The van der Waals surface area contributed by atoms with Crippen LogP contribution in [-0.2, 0) is 11.0 Å². The molecule has 1 heterocycles. The molecule has 0 radical (unpaired) electrons. The zero-order valence-corrected chi connectivity index (χ0v) is 16.3. The molecular formula is C23H24F3NO2. The predicted molar refractivity (Wildman–Crippen MR) is 104 cm³/mol. The minimum atomic E-state index is -4.43. The first-order valence-corrected chi connectivity index (χ1v) is 9.92. The van der Waals surface area contributed by atoms with Gasteiger partial charge in [0.25, 0.3) is 0 Å². The van der Waals surface area contributed by atoms with Gasteiger partial charge in [-0.15, -0.1) is 0 Å². The van der Waals surface area contributed by atoms with Crippen molar-refractivity contribution >= 4 is 5.78 Å². The number of benzene rings is 2. The SMILES string of the molecule is COc1ccc(C(F)(F)F)cc1C1CC(=O)C2(CCCNC2c2ccccc2)C1. The van der Waals surface area contributed by atoms with Crippen LogP contribution >= 0.6 is 0 Å². The number of nitrogens with one attached hydrogen (secondary N) is 1. The zero-order valence-electron chi connectivity index (χ0n) is 16.3. The first kappa shape index (κ1) is 20.0. The maximum atomic E-state index is 13.3. The number of alkyl halides is 3. The van der Waals surface area contributed by atoms with Gasteiger partial charge in [-0.05, 0) is 61.1 Å². The highest BCUT2D eigenvalue weighted by Crippen LogP contribution is 2.56. The van der Waals surface area contributed by atoms with E-state index in [1.54, 1.807) is 0 Å². The number of methoxy groups -OCH3 is 1. The summed E-state index contributed by atoms with van der Waals surface area (Å²) < 4.78 is 45.2. The van der Waals surface area contributed by atoms with Crippen molar-refractivity contribution in [2.45, 2.75) is 43.8 Å². The van der Waals surface area contributed by atoms with Crippen molar-refractivity contribution < 1.29 is 22.7 Å². The quantitative estimate of drug-likeness (QED) is 0.759. The second-order valence-corrected chi connectivity index (χ2v) is 8.04. The maximum absolute atomic E-state index is 13.3. The lowest BCUT2D eigenvalue weighted by atomic mass is 9.69. The molecule has 1 spiro atoms. The maximum Gasteiger partial charge on any atom is 0.416 e. The number of piperidine rings is 1. The molecule has 1 saturated carbocycles. The molecule has 1 saturated heterocycles. The molecular weight excluding hydrogens is 379 g/mol. The van der Waals surface area contributed by atoms with Crippen molar-refractivity contribution in [3.05, 3.63) is 65.2 Å². The first-order chi connectivity index (χ1) is 13.8. The lowest BCUT2D eigenvalue weighted by Gasteiger charge is -2.41. The molecule has 2 fully saturated rings. The Kier molecular flexibility index (Phi) is 5.15. The summed E-state index contributed by atoms with van der Waals surface area (Å²) in [5, 5.41) is 3.50.